The van der Waals surface area contributed by atoms with Crippen molar-refractivity contribution in [3.8, 4) is 0 Å². The first kappa shape index (κ1) is 37.0. The van der Waals surface area contributed by atoms with Gasteiger partial charge in [-0.05, 0) is 47.1 Å². The predicted octanol–water partition coefficient (Wildman–Crippen LogP) is 4.15. The quantitative estimate of drug-likeness (QED) is 0.277. The normalized spacial score (nSPS) is 22.4. The topological polar surface area (TPSA) is 121 Å². The molecule has 1 N–H and O–H groups in total. The van der Waals surface area contributed by atoms with Crippen LogP contribution >= 0.6 is 0 Å². The highest BCUT2D eigenvalue weighted by Gasteiger charge is 2.36. The lowest BCUT2D eigenvalue weighted by molar-refractivity contribution is -0.269. The molecule has 0 bridgehead atoms. The van der Waals surface area contributed by atoms with E-state index in [0.29, 0.717) is 59.5 Å². The molecule has 3 aliphatic rings. The highest BCUT2D eigenvalue weighted by atomic mass is 16.7. The van der Waals surface area contributed by atoms with E-state index in [1.54, 1.807) is 0 Å². The molecule has 0 aliphatic carbocycles. The van der Waals surface area contributed by atoms with E-state index in [2.05, 4.69) is 5.32 Å². The largest absolute Gasteiger partial charge is 0.445 e. The molecule has 0 aromatic heterocycles. The molecule has 12 heteroatoms. The van der Waals surface area contributed by atoms with Gasteiger partial charge >= 0.3 is 6.09 Å². The monoisotopic (exact) mass is 653 g/mol. The fourth-order valence-corrected chi connectivity index (χ4v) is 5.11. The average Bonchev–Trinajstić information content (AvgIpc) is 3.02. The molecule has 46 heavy (non-hydrogen) atoms. The van der Waals surface area contributed by atoms with Crippen molar-refractivity contribution in [3.05, 3.63) is 35.9 Å². The number of carbonyl (C=O) groups excluding carboxylic acids is 1. The van der Waals surface area contributed by atoms with Crippen LogP contribution in [0.1, 0.15) is 47.1 Å². The number of amides is 1. The Morgan fingerprint density at radius 2 is 1.04 bits per heavy atom. The van der Waals surface area contributed by atoms with Crippen LogP contribution in [0.2, 0.25) is 0 Å². The summed E-state index contributed by atoms with van der Waals surface area (Å²) < 4.78 is 59.3. The van der Waals surface area contributed by atoms with Gasteiger partial charge in [0, 0.05) is 24.3 Å². The summed E-state index contributed by atoms with van der Waals surface area (Å²) >= 11 is 0. The average molecular weight is 654 g/mol. The molecule has 0 spiro atoms. The van der Waals surface area contributed by atoms with Crippen LogP contribution in [0.4, 0.5) is 4.79 Å². The van der Waals surface area contributed by atoms with Crippen molar-refractivity contribution in [3.63, 3.8) is 0 Å². The highest BCUT2D eigenvalue weighted by molar-refractivity contribution is 5.67. The molecule has 0 saturated carbocycles. The van der Waals surface area contributed by atoms with Crippen LogP contribution in [0.5, 0.6) is 0 Å². The summed E-state index contributed by atoms with van der Waals surface area (Å²) in [7, 11) is 0. The second-order valence-corrected chi connectivity index (χ2v) is 14.1. The number of carbonyl (C=O) groups is 1. The molecule has 1 aromatic carbocycles. The van der Waals surface area contributed by atoms with E-state index >= 15 is 0 Å². The molecule has 3 aliphatic heterocycles. The van der Waals surface area contributed by atoms with Crippen molar-refractivity contribution >= 4 is 6.09 Å². The van der Waals surface area contributed by atoms with Gasteiger partial charge in [0.2, 0.25) is 0 Å². The summed E-state index contributed by atoms with van der Waals surface area (Å²) in [4.78, 5) is 12.9. The van der Waals surface area contributed by atoms with Gasteiger partial charge in [0.05, 0.1) is 84.7 Å². The number of benzene rings is 1. The maximum Gasteiger partial charge on any atom is 0.407 e. The van der Waals surface area contributed by atoms with Crippen molar-refractivity contribution in [1.29, 1.82) is 0 Å². The van der Waals surface area contributed by atoms with Crippen LogP contribution in [0.25, 0.3) is 0 Å². The minimum absolute atomic E-state index is 0.0798. The third kappa shape index (κ3) is 13.0. The highest BCUT2D eigenvalue weighted by Crippen LogP contribution is 2.26. The molecule has 3 heterocycles. The van der Waals surface area contributed by atoms with Gasteiger partial charge in [0.25, 0.3) is 0 Å². The van der Waals surface area contributed by atoms with Crippen LogP contribution in [-0.4, -0.2) is 109 Å². The first-order valence-corrected chi connectivity index (χ1v) is 16.3. The molecule has 0 atom stereocenters. The summed E-state index contributed by atoms with van der Waals surface area (Å²) in [5, 5.41) is 2.94. The van der Waals surface area contributed by atoms with E-state index in [9.17, 15) is 4.79 Å². The van der Waals surface area contributed by atoms with E-state index < -0.39 is 28.9 Å². The van der Waals surface area contributed by atoms with E-state index in [4.69, 9.17) is 47.4 Å². The first-order chi connectivity index (χ1) is 21.8. The Bertz CT molecular complexity index is 937. The van der Waals surface area contributed by atoms with E-state index in [-0.39, 0.29) is 50.7 Å². The third-order valence-corrected chi connectivity index (χ3v) is 8.11. The Labute approximate surface area is 273 Å². The second-order valence-electron chi connectivity index (χ2n) is 14.1. The fraction of sp³-hybridized carbons (Fsp3) is 0.794. The molecule has 1 aromatic rings. The van der Waals surface area contributed by atoms with E-state index in [1.807, 2.05) is 71.9 Å². The minimum atomic E-state index is -0.729. The number of ether oxygens (including phenoxy) is 10. The van der Waals surface area contributed by atoms with Crippen LogP contribution in [-0.2, 0) is 54.0 Å². The van der Waals surface area contributed by atoms with Crippen molar-refractivity contribution < 1.29 is 52.2 Å². The lowest BCUT2D eigenvalue weighted by Gasteiger charge is -2.38. The zero-order chi connectivity index (χ0) is 33.1. The zero-order valence-electron chi connectivity index (χ0n) is 28.5. The van der Waals surface area contributed by atoms with Crippen molar-refractivity contribution in [1.82, 2.24) is 5.32 Å². The standard InChI is InChI=1S/C34H55NO11/c1-31(2)41-16-27(17-42-31)12-37-23-34(24-38-13-28-18-43-32(3,4)44-19-28,25-39-14-29-20-45-33(5,6)46-21-29)22-35-30(36)40-15-26-10-8-7-9-11-26/h7-11,27-29H,12-25H2,1-6H3,(H,35,36). The number of nitrogens with one attached hydrogen (secondary N) is 1. The van der Waals surface area contributed by atoms with Gasteiger partial charge in [-0.25, -0.2) is 4.79 Å². The van der Waals surface area contributed by atoms with Crippen molar-refractivity contribution in [2.75, 3.05) is 85.8 Å². The van der Waals surface area contributed by atoms with Gasteiger partial charge in [-0.2, -0.15) is 0 Å². The van der Waals surface area contributed by atoms with Crippen LogP contribution in [0.15, 0.2) is 30.3 Å². The lowest BCUT2D eigenvalue weighted by Crippen LogP contribution is -2.49. The fourth-order valence-electron chi connectivity index (χ4n) is 5.11. The summed E-state index contributed by atoms with van der Waals surface area (Å²) in [6.07, 6.45) is -0.530. The van der Waals surface area contributed by atoms with Gasteiger partial charge < -0.3 is 52.7 Å². The molecule has 262 valence electrons. The second kappa shape index (κ2) is 17.0. The zero-order valence-corrected chi connectivity index (χ0v) is 28.5. The molecule has 1 amide bonds. The molecule has 3 fully saturated rings. The number of rotatable bonds is 16. The Balaban J connectivity index is 1.38. The molecule has 3 saturated heterocycles. The van der Waals surface area contributed by atoms with Gasteiger partial charge in [-0.1, -0.05) is 30.3 Å². The molecule has 0 unspecified atom stereocenters. The lowest BCUT2D eigenvalue weighted by atomic mass is 9.90. The summed E-state index contributed by atoms with van der Waals surface area (Å²) in [6.45, 7) is 17.1. The van der Waals surface area contributed by atoms with Crippen molar-refractivity contribution in [2.45, 2.75) is 65.5 Å². The van der Waals surface area contributed by atoms with Gasteiger partial charge in [-0.15, -0.1) is 0 Å². The maximum atomic E-state index is 12.9. The number of hydrogen-bond acceptors (Lipinski definition) is 11. The van der Waals surface area contributed by atoms with Gasteiger partial charge in [0.15, 0.2) is 17.4 Å². The smallest absolute Gasteiger partial charge is 0.407 e. The molecule has 0 radical (unpaired) electrons. The minimum Gasteiger partial charge on any atom is -0.445 e. The van der Waals surface area contributed by atoms with Crippen LogP contribution in [0, 0.1) is 23.2 Å². The van der Waals surface area contributed by atoms with Crippen LogP contribution in [0.3, 0.4) is 0 Å². The maximum absolute atomic E-state index is 12.9. The first-order valence-electron chi connectivity index (χ1n) is 16.3. The van der Waals surface area contributed by atoms with Crippen molar-refractivity contribution in [2.24, 2.45) is 23.2 Å². The molecular weight excluding hydrogens is 598 g/mol. The van der Waals surface area contributed by atoms with E-state index in [1.165, 1.54) is 0 Å². The predicted molar refractivity (Wildman–Crippen MR) is 168 cm³/mol. The Hall–Kier alpha value is -1.87. The summed E-state index contributed by atoms with van der Waals surface area (Å²) in [5.41, 5.74) is 0.173. The summed E-state index contributed by atoms with van der Waals surface area (Å²) in [6, 6.07) is 9.55. The number of hydrogen-bond donors (Lipinski definition) is 1. The molecule has 4 rings (SSSR count). The Morgan fingerprint density at radius 3 is 1.41 bits per heavy atom. The molecular formula is C34H55NO11. The summed E-state index contributed by atoms with van der Waals surface area (Å²) in [5.74, 6) is -1.57. The van der Waals surface area contributed by atoms with Gasteiger partial charge in [-0.3, -0.25) is 0 Å². The van der Waals surface area contributed by atoms with Gasteiger partial charge in [0.1, 0.15) is 6.61 Å². The SMILES string of the molecule is CC1(C)OCC(COCC(CNC(=O)OCc2ccccc2)(COCC2COC(C)(C)OC2)COCC2COC(C)(C)OC2)CO1. The number of alkyl carbamates (subject to hydrolysis) is 1. The molecule has 12 nitrogen and oxygen atoms in total. The van der Waals surface area contributed by atoms with E-state index in [0.717, 1.165) is 5.56 Å². The van der Waals surface area contributed by atoms with Crippen LogP contribution < -0.4 is 5.32 Å². The Kier molecular flexibility index (Phi) is 13.6. The third-order valence-electron chi connectivity index (χ3n) is 8.11. The Morgan fingerprint density at radius 1 is 0.674 bits per heavy atom.